The summed E-state index contributed by atoms with van der Waals surface area (Å²) in [6, 6.07) is 15.6. The Morgan fingerprint density at radius 3 is 2.42 bits per heavy atom. The third-order valence-electron chi connectivity index (χ3n) is 3.49. The van der Waals surface area contributed by atoms with Crippen LogP contribution in [0.15, 0.2) is 54.6 Å². The van der Waals surface area contributed by atoms with Gasteiger partial charge in [0.05, 0.1) is 0 Å². The first-order chi connectivity index (χ1) is 11.6. The molecule has 128 valence electrons. The third-order valence-corrected chi connectivity index (χ3v) is 3.49. The van der Waals surface area contributed by atoms with Crippen molar-refractivity contribution in [1.82, 2.24) is 5.32 Å². The number of ether oxygens (including phenoxy) is 1. The van der Waals surface area contributed by atoms with Gasteiger partial charge in [0.25, 0.3) is 5.91 Å². The van der Waals surface area contributed by atoms with Crippen LogP contribution in [0.5, 0.6) is 5.75 Å². The second-order valence-corrected chi connectivity index (χ2v) is 5.27. The van der Waals surface area contributed by atoms with E-state index in [9.17, 15) is 13.6 Å². The van der Waals surface area contributed by atoms with Crippen LogP contribution in [0, 0.1) is 0 Å². The zero-order chi connectivity index (χ0) is 17.4. The molecule has 0 unspecified atom stereocenters. The van der Waals surface area contributed by atoms with E-state index in [2.05, 4.69) is 15.0 Å². The molecule has 6 heteroatoms. The molecule has 0 aromatic heterocycles. The fraction of sp³-hybridized carbons (Fsp3) is 0.278. The topological polar surface area (TPSA) is 41.6 Å². The Hall–Kier alpha value is -2.63. The Morgan fingerprint density at radius 1 is 1.12 bits per heavy atom. The van der Waals surface area contributed by atoms with Gasteiger partial charge in [-0.15, -0.1) is 0 Å². The predicted octanol–water partition coefficient (Wildman–Crippen LogP) is 3.54. The molecule has 2 rings (SSSR count). The number of nitrogens with zero attached hydrogens (tertiary/aromatic N) is 1. The molecule has 24 heavy (non-hydrogen) atoms. The molecule has 1 N–H and O–H groups in total. The van der Waals surface area contributed by atoms with Crippen LogP contribution in [-0.2, 0) is 0 Å². The van der Waals surface area contributed by atoms with Crippen molar-refractivity contribution in [3.8, 4) is 5.75 Å². The van der Waals surface area contributed by atoms with E-state index in [-0.39, 0.29) is 11.7 Å². The summed E-state index contributed by atoms with van der Waals surface area (Å²) in [5.74, 6) is -0.202. The Kier molecular flexibility index (Phi) is 6.54. The number of para-hydroxylation sites is 1. The molecule has 0 fully saturated rings. The van der Waals surface area contributed by atoms with E-state index in [0.717, 1.165) is 18.7 Å². The van der Waals surface area contributed by atoms with Crippen molar-refractivity contribution in [2.24, 2.45) is 0 Å². The maximum Gasteiger partial charge on any atom is 0.387 e. The monoisotopic (exact) mass is 334 g/mol. The van der Waals surface area contributed by atoms with E-state index < -0.39 is 6.61 Å². The standard InChI is InChI=1S/C18H20F2N2O2/c1-22(15-6-3-2-4-7-15)13-5-12-21-17(23)14-8-10-16(11-9-14)24-18(19)20/h2-4,6-11,18H,5,12-13H2,1H3,(H,21,23). The SMILES string of the molecule is CN(CCCNC(=O)c1ccc(OC(F)F)cc1)c1ccccc1. The number of alkyl halides is 2. The highest BCUT2D eigenvalue weighted by atomic mass is 19.3. The summed E-state index contributed by atoms with van der Waals surface area (Å²) in [5.41, 5.74) is 1.53. The average Bonchev–Trinajstić information content (AvgIpc) is 2.59. The molecule has 0 spiro atoms. The highest BCUT2D eigenvalue weighted by Crippen LogP contribution is 2.15. The van der Waals surface area contributed by atoms with Gasteiger partial charge < -0.3 is 15.0 Å². The lowest BCUT2D eigenvalue weighted by Gasteiger charge is -2.19. The highest BCUT2D eigenvalue weighted by molar-refractivity contribution is 5.94. The predicted molar refractivity (Wildman–Crippen MR) is 89.7 cm³/mol. The molecule has 0 saturated heterocycles. The number of carbonyl (C=O) groups excluding carboxylic acids is 1. The molecule has 0 bridgehead atoms. The number of hydrogen-bond donors (Lipinski definition) is 1. The van der Waals surface area contributed by atoms with Crippen LogP contribution >= 0.6 is 0 Å². The number of hydrogen-bond acceptors (Lipinski definition) is 3. The summed E-state index contributed by atoms with van der Waals surface area (Å²) in [5, 5.41) is 2.81. The van der Waals surface area contributed by atoms with Crippen LogP contribution < -0.4 is 15.0 Å². The quantitative estimate of drug-likeness (QED) is 0.751. The van der Waals surface area contributed by atoms with Crippen LogP contribution in [0.25, 0.3) is 0 Å². The van der Waals surface area contributed by atoms with Crippen LogP contribution in [0.3, 0.4) is 0 Å². The summed E-state index contributed by atoms with van der Waals surface area (Å²) in [6.45, 7) is -1.53. The Balaban J connectivity index is 1.73. The maximum absolute atomic E-state index is 12.1. The zero-order valence-corrected chi connectivity index (χ0v) is 13.4. The minimum atomic E-state index is -2.87. The first-order valence-electron chi connectivity index (χ1n) is 7.65. The van der Waals surface area contributed by atoms with E-state index >= 15 is 0 Å². The Labute approximate surface area is 140 Å². The molecule has 2 aromatic rings. The number of rotatable bonds is 8. The molecule has 1 amide bonds. The summed E-state index contributed by atoms with van der Waals surface area (Å²) in [4.78, 5) is 14.1. The van der Waals surface area contributed by atoms with Gasteiger partial charge in [-0.05, 0) is 42.8 Å². The van der Waals surface area contributed by atoms with Gasteiger partial charge in [0.2, 0.25) is 0 Å². The van der Waals surface area contributed by atoms with E-state index in [0.29, 0.717) is 12.1 Å². The van der Waals surface area contributed by atoms with E-state index in [1.165, 1.54) is 24.3 Å². The minimum absolute atomic E-state index is 0.0334. The van der Waals surface area contributed by atoms with Crippen molar-refractivity contribution < 1.29 is 18.3 Å². The summed E-state index contributed by atoms with van der Waals surface area (Å²) in [7, 11) is 2.00. The second-order valence-electron chi connectivity index (χ2n) is 5.27. The van der Waals surface area contributed by atoms with Gasteiger partial charge in [0, 0.05) is 31.4 Å². The molecular formula is C18H20F2N2O2. The second kappa shape index (κ2) is 8.86. The smallest absolute Gasteiger partial charge is 0.387 e. The first-order valence-corrected chi connectivity index (χ1v) is 7.65. The van der Waals surface area contributed by atoms with Gasteiger partial charge in [-0.2, -0.15) is 8.78 Å². The van der Waals surface area contributed by atoms with Crippen LogP contribution in [0.4, 0.5) is 14.5 Å². The molecular weight excluding hydrogens is 314 g/mol. The maximum atomic E-state index is 12.1. The van der Waals surface area contributed by atoms with Crippen molar-refractivity contribution in [3.05, 3.63) is 60.2 Å². The normalized spacial score (nSPS) is 10.5. The molecule has 0 heterocycles. The molecule has 0 aliphatic rings. The summed E-state index contributed by atoms with van der Waals surface area (Å²) >= 11 is 0. The number of benzene rings is 2. The molecule has 0 aliphatic carbocycles. The average molecular weight is 334 g/mol. The number of amides is 1. The molecule has 2 aromatic carbocycles. The number of nitrogens with one attached hydrogen (secondary N) is 1. The van der Waals surface area contributed by atoms with E-state index in [4.69, 9.17) is 0 Å². The van der Waals surface area contributed by atoms with Crippen molar-refractivity contribution in [1.29, 1.82) is 0 Å². The lowest BCUT2D eigenvalue weighted by Crippen LogP contribution is -2.28. The summed E-state index contributed by atoms with van der Waals surface area (Å²) < 4.78 is 28.4. The van der Waals surface area contributed by atoms with Crippen molar-refractivity contribution in [2.45, 2.75) is 13.0 Å². The van der Waals surface area contributed by atoms with Gasteiger partial charge in [-0.1, -0.05) is 18.2 Å². The van der Waals surface area contributed by atoms with Gasteiger partial charge >= 0.3 is 6.61 Å². The Morgan fingerprint density at radius 2 is 1.79 bits per heavy atom. The Bertz CT molecular complexity index is 633. The van der Waals surface area contributed by atoms with E-state index in [1.807, 2.05) is 37.4 Å². The molecule has 0 radical (unpaired) electrons. The fourth-order valence-electron chi connectivity index (χ4n) is 2.22. The van der Waals surface area contributed by atoms with Gasteiger partial charge in [-0.3, -0.25) is 4.79 Å². The number of carbonyl (C=O) groups is 1. The first kappa shape index (κ1) is 17.7. The fourth-order valence-corrected chi connectivity index (χ4v) is 2.22. The van der Waals surface area contributed by atoms with E-state index in [1.54, 1.807) is 0 Å². The van der Waals surface area contributed by atoms with Gasteiger partial charge in [0.15, 0.2) is 0 Å². The number of halogens is 2. The summed E-state index contributed by atoms with van der Waals surface area (Å²) in [6.07, 6.45) is 0.795. The number of anilines is 1. The lowest BCUT2D eigenvalue weighted by molar-refractivity contribution is -0.0498. The molecule has 4 nitrogen and oxygen atoms in total. The largest absolute Gasteiger partial charge is 0.435 e. The van der Waals surface area contributed by atoms with Crippen molar-refractivity contribution in [3.63, 3.8) is 0 Å². The van der Waals surface area contributed by atoms with Crippen LogP contribution in [0.1, 0.15) is 16.8 Å². The zero-order valence-electron chi connectivity index (χ0n) is 13.4. The highest BCUT2D eigenvalue weighted by Gasteiger charge is 2.08. The van der Waals surface area contributed by atoms with Crippen molar-refractivity contribution >= 4 is 11.6 Å². The van der Waals surface area contributed by atoms with Gasteiger partial charge in [0.1, 0.15) is 5.75 Å². The van der Waals surface area contributed by atoms with Crippen LogP contribution in [0.2, 0.25) is 0 Å². The van der Waals surface area contributed by atoms with Gasteiger partial charge in [-0.25, -0.2) is 0 Å². The lowest BCUT2D eigenvalue weighted by atomic mass is 10.2. The molecule has 0 saturated carbocycles. The van der Waals surface area contributed by atoms with Crippen molar-refractivity contribution in [2.75, 3.05) is 25.0 Å². The molecule has 0 aliphatic heterocycles. The third kappa shape index (κ3) is 5.53. The minimum Gasteiger partial charge on any atom is -0.435 e. The van der Waals surface area contributed by atoms with Crippen LogP contribution in [-0.4, -0.2) is 32.7 Å². The molecule has 0 atom stereocenters.